The molecule has 0 fully saturated rings. The molecule has 5 nitrogen and oxygen atoms in total. The van der Waals surface area contributed by atoms with Gasteiger partial charge in [0.05, 0.1) is 0 Å². The molecule has 0 saturated heterocycles. The summed E-state index contributed by atoms with van der Waals surface area (Å²) in [5.41, 5.74) is 5.04. The van der Waals surface area contributed by atoms with Gasteiger partial charge in [0.1, 0.15) is 5.82 Å². The quantitative estimate of drug-likeness (QED) is 0.656. The van der Waals surface area contributed by atoms with Crippen LogP contribution in [0.25, 0.3) is 0 Å². The van der Waals surface area contributed by atoms with Crippen molar-refractivity contribution in [1.29, 1.82) is 0 Å². The van der Waals surface area contributed by atoms with Gasteiger partial charge >= 0.3 is 0 Å². The van der Waals surface area contributed by atoms with Gasteiger partial charge in [-0.15, -0.1) is 0 Å². The zero-order valence-corrected chi connectivity index (χ0v) is 16.9. The molecule has 1 aliphatic heterocycles. The number of hydrogen-bond donors (Lipinski definition) is 1. The van der Waals surface area contributed by atoms with Crippen molar-refractivity contribution in [2.75, 3.05) is 34.8 Å². The van der Waals surface area contributed by atoms with Gasteiger partial charge in [-0.1, -0.05) is 18.2 Å². The van der Waals surface area contributed by atoms with Crippen molar-refractivity contribution in [2.24, 2.45) is 0 Å². The molecular weight excluding hydrogens is 360 g/mol. The summed E-state index contributed by atoms with van der Waals surface area (Å²) >= 11 is 0. The maximum absolute atomic E-state index is 12.8. The number of para-hydroxylation sites is 1. The highest BCUT2D eigenvalue weighted by Crippen LogP contribution is 2.33. The van der Waals surface area contributed by atoms with Gasteiger partial charge in [0.2, 0.25) is 0 Å². The molecule has 0 atom stereocenters. The molecule has 2 aromatic carbocycles. The molecule has 0 radical (unpaired) electrons. The molecule has 148 valence electrons. The highest BCUT2D eigenvalue weighted by molar-refractivity contribution is 6.04. The van der Waals surface area contributed by atoms with Crippen LogP contribution in [0.1, 0.15) is 29.8 Å². The van der Waals surface area contributed by atoms with Crippen LogP contribution in [0.5, 0.6) is 0 Å². The summed E-state index contributed by atoms with van der Waals surface area (Å²) < 4.78 is 0. The van der Waals surface area contributed by atoms with E-state index in [1.165, 1.54) is 11.3 Å². The summed E-state index contributed by atoms with van der Waals surface area (Å²) in [5.74, 6) is 0.677. The molecule has 1 aromatic heterocycles. The zero-order chi connectivity index (χ0) is 20.2. The van der Waals surface area contributed by atoms with E-state index in [4.69, 9.17) is 0 Å². The van der Waals surface area contributed by atoms with Gasteiger partial charge in [-0.05, 0) is 68.3 Å². The maximum atomic E-state index is 12.8. The van der Waals surface area contributed by atoms with E-state index in [1.807, 2.05) is 36.4 Å². The smallest absolute Gasteiger partial charge is 0.255 e. The van der Waals surface area contributed by atoms with Crippen molar-refractivity contribution in [1.82, 2.24) is 4.98 Å². The second kappa shape index (κ2) is 8.35. The summed E-state index contributed by atoms with van der Waals surface area (Å²) in [6.07, 6.45) is 2.70. The zero-order valence-electron chi connectivity index (χ0n) is 16.9. The van der Waals surface area contributed by atoms with Crippen molar-refractivity contribution in [3.8, 4) is 0 Å². The number of anilines is 4. The average molecular weight is 386 g/mol. The van der Waals surface area contributed by atoms with Crippen LogP contribution in [-0.4, -0.2) is 30.5 Å². The molecule has 1 aliphatic rings. The third-order valence-corrected chi connectivity index (χ3v) is 5.43. The summed E-state index contributed by atoms with van der Waals surface area (Å²) in [7, 11) is 0. The molecule has 0 aliphatic carbocycles. The first-order valence-corrected chi connectivity index (χ1v) is 10.2. The fourth-order valence-electron chi connectivity index (χ4n) is 3.83. The lowest BCUT2D eigenvalue weighted by Crippen LogP contribution is -2.21. The fraction of sp³-hybridized carbons (Fsp3) is 0.250. The van der Waals surface area contributed by atoms with E-state index in [9.17, 15) is 4.79 Å². The Hall–Kier alpha value is -3.34. The first-order chi connectivity index (χ1) is 14.2. The number of carbonyl (C=O) groups excluding carboxylic acids is 1. The Kier molecular flexibility index (Phi) is 5.47. The van der Waals surface area contributed by atoms with Crippen LogP contribution in [0.4, 0.5) is 22.9 Å². The van der Waals surface area contributed by atoms with E-state index < -0.39 is 0 Å². The third kappa shape index (κ3) is 3.94. The number of carbonyl (C=O) groups is 1. The first kappa shape index (κ1) is 19.0. The third-order valence-electron chi connectivity index (χ3n) is 5.43. The molecule has 4 rings (SSSR count). The highest BCUT2D eigenvalue weighted by atomic mass is 16.1. The molecule has 3 aromatic rings. The Labute approximate surface area is 172 Å². The molecule has 0 spiro atoms. The number of nitrogens with one attached hydrogen (secondary N) is 1. The van der Waals surface area contributed by atoms with Gasteiger partial charge in [-0.3, -0.25) is 4.79 Å². The van der Waals surface area contributed by atoms with E-state index >= 15 is 0 Å². The summed E-state index contributed by atoms with van der Waals surface area (Å²) in [5, 5.41) is 2.99. The Bertz CT molecular complexity index is 996. The number of nitrogens with zero attached hydrogens (tertiary/aromatic N) is 3. The number of fused-ring (bicyclic) bond motifs is 1. The Morgan fingerprint density at radius 1 is 1.07 bits per heavy atom. The molecular formula is C24H26N4O. The molecule has 0 bridgehead atoms. The van der Waals surface area contributed by atoms with Gasteiger partial charge in [0.15, 0.2) is 0 Å². The van der Waals surface area contributed by atoms with Crippen LogP contribution in [-0.2, 0) is 6.42 Å². The predicted octanol–water partition coefficient (Wildman–Crippen LogP) is 4.87. The topological polar surface area (TPSA) is 48.5 Å². The van der Waals surface area contributed by atoms with Crippen LogP contribution in [0.3, 0.4) is 0 Å². The molecule has 0 saturated carbocycles. The number of aromatic nitrogens is 1. The second-order valence-electron chi connectivity index (χ2n) is 7.11. The predicted molar refractivity (Wildman–Crippen MR) is 119 cm³/mol. The van der Waals surface area contributed by atoms with E-state index in [2.05, 4.69) is 52.1 Å². The van der Waals surface area contributed by atoms with Crippen molar-refractivity contribution in [3.05, 3.63) is 78.0 Å². The van der Waals surface area contributed by atoms with Crippen molar-refractivity contribution in [2.45, 2.75) is 20.3 Å². The second-order valence-corrected chi connectivity index (χ2v) is 7.11. The Morgan fingerprint density at radius 3 is 2.59 bits per heavy atom. The average Bonchev–Trinajstić information content (AvgIpc) is 3.20. The number of rotatable bonds is 6. The van der Waals surface area contributed by atoms with E-state index in [-0.39, 0.29) is 5.91 Å². The summed E-state index contributed by atoms with van der Waals surface area (Å²) in [4.78, 5) is 21.7. The van der Waals surface area contributed by atoms with Crippen molar-refractivity contribution in [3.63, 3.8) is 0 Å². The number of benzene rings is 2. The van der Waals surface area contributed by atoms with Crippen molar-refractivity contribution < 1.29 is 4.79 Å². The highest BCUT2D eigenvalue weighted by Gasteiger charge is 2.21. The van der Waals surface area contributed by atoms with Crippen LogP contribution < -0.4 is 15.1 Å². The lowest BCUT2D eigenvalue weighted by Gasteiger charge is -2.21. The lowest BCUT2D eigenvalue weighted by molar-refractivity contribution is 0.102. The standard InChI is InChI=1S/C24H26N4O/c1-3-27(4-2)21-11-9-20(10-12-21)26-24(29)19-13-15-25-23(17-19)28-16-14-18-7-5-6-8-22(18)28/h5-13,15,17H,3-4,14,16H2,1-2H3,(H,26,29). The number of amides is 1. The largest absolute Gasteiger partial charge is 0.372 e. The van der Waals surface area contributed by atoms with E-state index in [1.54, 1.807) is 12.3 Å². The van der Waals surface area contributed by atoms with Crippen LogP contribution in [0, 0.1) is 0 Å². The minimum absolute atomic E-state index is 0.128. The minimum Gasteiger partial charge on any atom is -0.372 e. The summed E-state index contributed by atoms with van der Waals surface area (Å²) in [6, 6.07) is 20.0. The molecule has 1 N–H and O–H groups in total. The maximum Gasteiger partial charge on any atom is 0.255 e. The Balaban J connectivity index is 1.50. The SMILES string of the molecule is CCN(CC)c1ccc(NC(=O)c2ccnc(N3CCc4ccccc43)c2)cc1. The Morgan fingerprint density at radius 2 is 1.83 bits per heavy atom. The molecule has 29 heavy (non-hydrogen) atoms. The first-order valence-electron chi connectivity index (χ1n) is 10.2. The van der Waals surface area contributed by atoms with Crippen molar-refractivity contribution >= 4 is 28.8 Å². The molecule has 2 heterocycles. The van der Waals surface area contributed by atoms with Crippen LogP contribution >= 0.6 is 0 Å². The minimum atomic E-state index is -0.128. The van der Waals surface area contributed by atoms with Gasteiger partial charge in [0, 0.05) is 48.5 Å². The van der Waals surface area contributed by atoms with E-state index in [0.29, 0.717) is 5.56 Å². The molecule has 1 amide bonds. The number of hydrogen-bond acceptors (Lipinski definition) is 4. The lowest BCUT2D eigenvalue weighted by atomic mass is 10.2. The molecule has 0 unspecified atom stereocenters. The molecule has 5 heteroatoms. The van der Waals surface area contributed by atoms with Gasteiger partial charge in [-0.25, -0.2) is 4.98 Å². The van der Waals surface area contributed by atoms with Crippen LogP contribution in [0.2, 0.25) is 0 Å². The van der Waals surface area contributed by atoms with Gasteiger partial charge in [0.25, 0.3) is 5.91 Å². The normalized spacial score (nSPS) is 12.6. The van der Waals surface area contributed by atoms with Gasteiger partial charge < -0.3 is 15.1 Å². The summed E-state index contributed by atoms with van der Waals surface area (Å²) in [6.45, 7) is 7.07. The van der Waals surface area contributed by atoms with Crippen LogP contribution in [0.15, 0.2) is 66.9 Å². The number of pyridine rings is 1. The fourth-order valence-corrected chi connectivity index (χ4v) is 3.83. The van der Waals surface area contributed by atoms with Gasteiger partial charge in [-0.2, -0.15) is 0 Å². The van der Waals surface area contributed by atoms with E-state index in [0.717, 1.165) is 43.2 Å². The monoisotopic (exact) mass is 386 g/mol.